The SMILES string of the molecule is CCOC(=O)c1cc(C)cc(C(C)=NOCCCc2cccc(C(C)=NOC)n2)n1. The Kier molecular flexibility index (Phi) is 8.93. The Labute approximate surface area is 177 Å². The van der Waals surface area contributed by atoms with E-state index in [1.54, 1.807) is 19.9 Å². The topological polar surface area (TPSA) is 95.3 Å². The maximum atomic E-state index is 11.9. The van der Waals surface area contributed by atoms with Gasteiger partial charge < -0.3 is 14.4 Å². The van der Waals surface area contributed by atoms with E-state index in [0.29, 0.717) is 24.6 Å². The molecule has 8 heteroatoms. The summed E-state index contributed by atoms with van der Waals surface area (Å²) in [6.45, 7) is 8.03. The second-order valence-electron chi connectivity index (χ2n) is 6.62. The zero-order chi connectivity index (χ0) is 21.9. The van der Waals surface area contributed by atoms with E-state index in [0.717, 1.165) is 35.5 Å². The van der Waals surface area contributed by atoms with E-state index in [9.17, 15) is 4.79 Å². The van der Waals surface area contributed by atoms with Gasteiger partial charge in [0.1, 0.15) is 30.8 Å². The first-order chi connectivity index (χ1) is 14.4. The molecule has 0 aliphatic heterocycles. The van der Waals surface area contributed by atoms with Gasteiger partial charge in [0.2, 0.25) is 0 Å². The molecule has 0 saturated carbocycles. The van der Waals surface area contributed by atoms with Gasteiger partial charge in [0.15, 0.2) is 0 Å². The molecule has 30 heavy (non-hydrogen) atoms. The molecule has 0 radical (unpaired) electrons. The summed E-state index contributed by atoms with van der Waals surface area (Å²) in [6, 6.07) is 9.34. The molecule has 0 bridgehead atoms. The van der Waals surface area contributed by atoms with Gasteiger partial charge in [-0.2, -0.15) is 0 Å². The Morgan fingerprint density at radius 1 is 1.03 bits per heavy atom. The average molecular weight is 412 g/mol. The van der Waals surface area contributed by atoms with Crippen LogP contribution < -0.4 is 0 Å². The van der Waals surface area contributed by atoms with Crippen molar-refractivity contribution in [2.24, 2.45) is 10.3 Å². The van der Waals surface area contributed by atoms with Crippen LogP contribution in [0, 0.1) is 6.92 Å². The molecule has 0 N–H and O–H groups in total. The minimum Gasteiger partial charge on any atom is -0.461 e. The Hall–Kier alpha value is -3.29. The van der Waals surface area contributed by atoms with Crippen LogP contribution in [-0.2, 0) is 20.8 Å². The summed E-state index contributed by atoms with van der Waals surface area (Å²) >= 11 is 0. The highest BCUT2D eigenvalue weighted by Crippen LogP contribution is 2.09. The quantitative estimate of drug-likeness (QED) is 0.255. The molecule has 0 unspecified atom stereocenters. The summed E-state index contributed by atoms with van der Waals surface area (Å²) in [4.78, 5) is 31.0. The predicted molar refractivity (Wildman–Crippen MR) is 115 cm³/mol. The van der Waals surface area contributed by atoms with E-state index in [2.05, 4.69) is 20.3 Å². The van der Waals surface area contributed by atoms with E-state index in [-0.39, 0.29) is 5.69 Å². The van der Waals surface area contributed by atoms with Gasteiger partial charge in [0, 0.05) is 5.69 Å². The lowest BCUT2D eigenvalue weighted by atomic mass is 10.1. The highest BCUT2D eigenvalue weighted by atomic mass is 16.6. The molecule has 0 spiro atoms. The first-order valence-corrected chi connectivity index (χ1v) is 9.81. The van der Waals surface area contributed by atoms with Crippen molar-refractivity contribution in [3.05, 3.63) is 58.7 Å². The summed E-state index contributed by atoms with van der Waals surface area (Å²) in [7, 11) is 1.51. The summed E-state index contributed by atoms with van der Waals surface area (Å²) < 4.78 is 5.02. The number of hydrogen-bond acceptors (Lipinski definition) is 8. The molecule has 2 rings (SSSR count). The summed E-state index contributed by atoms with van der Waals surface area (Å²) in [5, 5.41) is 8.03. The van der Waals surface area contributed by atoms with Crippen LogP contribution in [0.3, 0.4) is 0 Å². The van der Waals surface area contributed by atoms with E-state index >= 15 is 0 Å². The van der Waals surface area contributed by atoms with Crippen LogP contribution in [0.25, 0.3) is 0 Å². The third-order valence-electron chi connectivity index (χ3n) is 4.10. The van der Waals surface area contributed by atoms with Crippen LogP contribution >= 0.6 is 0 Å². The lowest BCUT2D eigenvalue weighted by Crippen LogP contribution is -2.11. The van der Waals surface area contributed by atoms with Gasteiger partial charge in [0.25, 0.3) is 0 Å². The second-order valence-corrected chi connectivity index (χ2v) is 6.62. The normalized spacial score (nSPS) is 11.9. The first kappa shape index (κ1) is 23.0. The third kappa shape index (κ3) is 6.95. The number of carbonyl (C=O) groups excluding carboxylic acids is 1. The standard InChI is InChI=1S/C22H28N4O4/c1-6-29-22(27)21-14-15(2)13-20(24-21)17(4)26-30-12-8-10-18-9-7-11-19(23-18)16(3)25-28-5/h7,9,11,13-14H,6,8,10,12H2,1-5H3. The Morgan fingerprint density at radius 2 is 1.77 bits per heavy atom. The minimum absolute atomic E-state index is 0.264. The largest absolute Gasteiger partial charge is 0.461 e. The van der Waals surface area contributed by atoms with Crippen LogP contribution in [-0.4, -0.2) is 47.7 Å². The van der Waals surface area contributed by atoms with Crippen LogP contribution in [0.1, 0.15) is 60.3 Å². The molecule has 0 aromatic carbocycles. The van der Waals surface area contributed by atoms with Gasteiger partial charge in [0.05, 0.1) is 18.0 Å². The lowest BCUT2D eigenvalue weighted by Gasteiger charge is -2.07. The molecule has 2 heterocycles. The highest BCUT2D eigenvalue weighted by Gasteiger charge is 2.12. The smallest absolute Gasteiger partial charge is 0.356 e. The molecule has 0 amide bonds. The van der Waals surface area contributed by atoms with E-state index in [1.165, 1.54) is 7.11 Å². The zero-order valence-electron chi connectivity index (χ0n) is 18.1. The maximum Gasteiger partial charge on any atom is 0.356 e. The number of oxime groups is 2. The Balaban J connectivity index is 1.91. The molecule has 0 saturated heterocycles. The van der Waals surface area contributed by atoms with Gasteiger partial charge in [-0.25, -0.2) is 9.78 Å². The number of pyridine rings is 2. The van der Waals surface area contributed by atoms with Gasteiger partial charge in [-0.1, -0.05) is 16.4 Å². The monoisotopic (exact) mass is 412 g/mol. The number of esters is 1. The van der Waals surface area contributed by atoms with Crippen LogP contribution in [0.5, 0.6) is 0 Å². The number of ether oxygens (including phenoxy) is 1. The molecule has 2 aromatic heterocycles. The van der Waals surface area contributed by atoms with Crippen molar-refractivity contribution in [3.63, 3.8) is 0 Å². The third-order valence-corrected chi connectivity index (χ3v) is 4.10. The number of carbonyl (C=O) groups is 1. The van der Waals surface area contributed by atoms with Gasteiger partial charge in [-0.3, -0.25) is 4.98 Å². The average Bonchev–Trinajstić information content (AvgIpc) is 2.73. The fourth-order valence-electron chi connectivity index (χ4n) is 2.67. The zero-order valence-corrected chi connectivity index (χ0v) is 18.1. The molecule has 0 aliphatic carbocycles. The maximum absolute atomic E-state index is 11.9. The summed E-state index contributed by atoms with van der Waals surface area (Å²) in [5.74, 6) is -0.448. The van der Waals surface area contributed by atoms with Crippen molar-refractivity contribution < 1.29 is 19.2 Å². The van der Waals surface area contributed by atoms with Crippen LogP contribution in [0.4, 0.5) is 0 Å². The Bertz CT molecular complexity index is 925. The van der Waals surface area contributed by atoms with Gasteiger partial charge in [-0.15, -0.1) is 0 Å². The molecule has 8 nitrogen and oxygen atoms in total. The number of rotatable bonds is 10. The number of nitrogens with zero attached hydrogens (tertiary/aromatic N) is 4. The lowest BCUT2D eigenvalue weighted by molar-refractivity contribution is 0.0519. The molecule has 0 fully saturated rings. The van der Waals surface area contributed by atoms with Crippen molar-refractivity contribution in [2.75, 3.05) is 20.3 Å². The van der Waals surface area contributed by atoms with Crippen LogP contribution in [0.15, 0.2) is 40.6 Å². The fraction of sp³-hybridized carbons (Fsp3) is 0.409. The fourth-order valence-corrected chi connectivity index (χ4v) is 2.67. The minimum atomic E-state index is -0.448. The molecule has 160 valence electrons. The summed E-state index contributed by atoms with van der Waals surface area (Å²) in [6.07, 6.45) is 1.50. The van der Waals surface area contributed by atoms with Crippen molar-refractivity contribution >= 4 is 17.4 Å². The van der Waals surface area contributed by atoms with Crippen molar-refractivity contribution in [1.82, 2.24) is 9.97 Å². The first-order valence-electron chi connectivity index (χ1n) is 9.81. The molecule has 0 atom stereocenters. The summed E-state index contributed by atoms with van der Waals surface area (Å²) in [5.41, 5.74) is 4.80. The highest BCUT2D eigenvalue weighted by molar-refractivity contribution is 5.98. The van der Waals surface area contributed by atoms with E-state index < -0.39 is 5.97 Å². The van der Waals surface area contributed by atoms with Gasteiger partial charge >= 0.3 is 5.97 Å². The predicted octanol–water partition coefficient (Wildman–Crippen LogP) is 3.71. The second kappa shape index (κ2) is 11.6. The van der Waals surface area contributed by atoms with Crippen molar-refractivity contribution in [1.29, 1.82) is 0 Å². The number of aromatic nitrogens is 2. The van der Waals surface area contributed by atoms with E-state index in [4.69, 9.17) is 14.4 Å². The van der Waals surface area contributed by atoms with Crippen molar-refractivity contribution in [2.45, 2.75) is 40.5 Å². The Morgan fingerprint density at radius 3 is 2.50 bits per heavy atom. The molecular weight excluding hydrogens is 384 g/mol. The van der Waals surface area contributed by atoms with Gasteiger partial charge in [-0.05, 0) is 70.4 Å². The molecule has 2 aromatic rings. The van der Waals surface area contributed by atoms with E-state index in [1.807, 2.05) is 38.1 Å². The molecule has 0 aliphatic rings. The molecular formula is C22H28N4O4. The van der Waals surface area contributed by atoms with Crippen molar-refractivity contribution in [3.8, 4) is 0 Å². The number of aryl methyl sites for hydroxylation is 2. The van der Waals surface area contributed by atoms with Crippen LogP contribution in [0.2, 0.25) is 0 Å². The number of hydrogen-bond donors (Lipinski definition) is 0.